The predicted molar refractivity (Wildman–Crippen MR) is 77.5 cm³/mol. The van der Waals surface area contributed by atoms with Gasteiger partial charge in [0.05, 0.1) is 18.0 Å². The Kier molecular flexibility index (Phi) is 4.62. The third kappa shape index (κ3) is 3.30. The number of hydrazone groups is 1. The van der Waals surface area contributed by atoms with Crippen LogP contribution in [0.1, 0.15) is 34.1 Å². The Morgan fingerprint density at radius 1 is 1.45 bits per heavy atom. The number of esters is 1. The molecule has 1 atom stereocenters. The standard InChI is InChI=1S/C13H15N3O3S/c1-3-10-15-16-13(20-10)14-11(17)8-5-4-6-9(7-8)12(18)19-2/h4-7,10,15H,3H2,1-2H3,(H,14,16,17). The number of nitrogens with zero attached hydrogens (tertiary/aromatic N) is 1. The fraction of sp³-hybridized carbons (Fsp3) is 0.308. The van der Waals surface area contributed by atoms with Crippen LogP contribution in [0.15, 0.2) is 29.4 Å². The molecule has 0 aliphatic carbocycles. The molecule has 1 amide bonds. The highest BCUT2D eigenvalue weighted by molar-refractivity contribution is 8.14. The number of amides is 1. The van der Waals surface area contributed by atoms with Gasteiger partial charge in [-0.15, -0.1) is 0 Å². The summed E-state index contributed by atoms with van der Waals surface area (Å²) in [6, 6.07) is 6.36. The molecule has 0 bridgehead atoms. The van der Waals surface area contributed by atoms with Crippen molar-refractivity contribution >= 4 is 28.8 Å². The quantitative estimate of drug-likeness (QED) is 0.827. The number of carbonyl (C=O) groups excluding carboxylic acids is 2. The van der Waals surface area contributed by atoms with Gasteiger partial charge in [0.15, 0.2) is 5.17 Å². The Bertz CT molecular complexity index is 560. The first-order chi connectivity index (χ1) is 9.63. The molecule has 1 aliphatic heterocycles. The Morgan fingerprint density at radius 2 is 2.20 bits per heavy atom. The van der Waals surface area contributed by atoms with Gasteiger partial charge in [-0.25, -0.2) is 4.79 Å². The van der Waals surface area contributed by atoms with Gasteiger partial charge in [-0.05, 0) is 24.6 Å². The minimum atomic E-state index is -0.472. The van der Waals surface area contributed by atoms with E-state index in [9.17, 15) is 9.59 Å². The highest BCUT2D eigenvalue weighted by Gasteiger charge is 2.20. The lowest BCUT2D eigenvalue weighted by molar-refractivity contribution is 0.0600. The second-order valence-corrected chi connectivity index (χ2v) is 5.28. The number of methoxy groups -OCH3 is 1. The van der Waals surface area contributed by atoms with E-state index in [1.54, 1.807) is 18.2 Å². The highest BCUT2D eigenvalue weighted by Crippen LogP contribution is 2.18. The van der Waals surface area contributed by atoms with Gasteiger partial charge in [-0.1, -0.05) is 24.8 Å². The monoisotopic (exact) mass is 293 g/mol. The normalized spacial score (nSPS) is 17.1. The third-order valence-electron chi connectivity index (χ3n) is 2.70. The van der Waals surface area contributed by atoms with E-state index >= 15 is 0 Å². The number of nitrogens with one attached hydrogen (secondary N) is 2. The molecule has 1 aliphatic rings. The summed E-state index contributed by atoms with van der Waals surface area (Å²) in [7, 11) is 1.30. The summed E-state index contributed by atoms with van der Waals surface area (Å²) in [5, 5.41) is 7.46. The van der Waals surface area contributed by atoms with Gasteiger partial charge in [0.2, 0.25) is 0 Å². The zero-order chi connectivity index (χ0) is 14.5. The molecule has 0 fully saturated rings. The minimum Gasteiger partial charge on any atom is -0.465 e. The maximum Gasteiger partial charge on any atom is 0.337 e. The topological polar surface area (TPSA) is 79.8 Å². The number of thioether (sulfide) groups is 1. The first-order valence-electron chi connectivity index (χ1n) is 6.13. The van der Waals surface area contributed by atoms with Crippen molar-refractivity contribution in [1.82, 2.24) is 10.7 Å². The van der Waals surface area contributed by atoms with Crippen LogP contribution in [0.5, 0.6) is 0 Å². The van der Waals surface area contributed by atoms with Crippen molar-refractivity contribution in [1.29, 1.82) is 0 Å². The summed E-state index contributed by atoms with van der Waals surface area (Å²) >= 11 is 1.46. The number of rotatable bonds is 3. The van der Waals surface area contributed by atoms with Crippen molar-refractivity contribution in [3.8, 4) is 0 Å². The molecule has 2 rings (SSSR count). The first-order valence-corrected chi connectivity index (χ1v) is 7.01. The van der Waals surface area contributed by atoms with Gasteiger partial charge >= 0.3 is 5.97 Å². The highest BCUT2D eigenvalue weighted by atomic mass is 32.2. The summed E-state index contributed by atoms with van der Waals surface area (Å²) in [5.41, 5.74) is 3.64. The molecule has 6 nitrogen and oxygen atoms in total. The van der Waals surface area contributed by atoms with Crippen molar-refractivity contribution in [2.75, 3.05) is 7.11 Å². The minimum absolute atomic E-state index is 0.187. The summed E-state index contributed by atoms with van der Waals surface area (Å²) in [5.74, 6) is -0.777. The number of benzene rings is 1. The van der Waals surface area contributed by atoms with Crippen LogP contribution in [-0.2, 0) is 4.74 Å². The van der Waals surface area contributed by atoms with Crippen molar-refractivity contribution in [2.45, 2.75) is 18.7 Å². The fourth-order valence-electron chi connectivity index (χ4n) is 1.62. The SMILES string of the molecule is CCC1NN=C(NC(=O)c2cccc(C(=O)OC)c2)S1. The molecular formula is C13H15N3O3S. The van der Waals surface area contributed by atoms with E-state index in [-0.39, 0.29) is 11.3 Å². The lowest BCUT2D eigenvalue weighted by Gasteiger charge is -2.06. The number of ether oxygens (including phenoxy) is 1. The van der Waals surface area contributed by atoms with Crippen LogP contribution in [0.4, 0.5) is 0 Å². The van der Waals surface area contributed by atoms with E-state index in [2.05, 4.69) is 20.6 Å². The molecule has 1 heterocycles. The van der Waals surface area contributed by atoms with E-state index in [0.29, 0.717) is 16.3 Å². The number of amidine groups is 1. The zero-order valence-corrected chi connectivity index (χ0v) is 12.0. The summed E-state index contributed by atoms with van der Waals surface area (Å²) < 4.78 is 4.62. The molecular weight excluding hydrogens is 278 g/mol. The van der Waals surface area contributed by atoms with E-state index in [1.165, 1.54) is 24.9 Å². The second kappa shape index (κ2) is 6.42. The molecule has 1 aromatic rings. The van der Waals surface area contributed by atoms with E-state index in [1.807, 2.05) is 6.92 Å². The smallest absolute Gasteiger partial charge is 0.337 e. The summed E-state index contributed by atoms with van der Waals surface area (Å²) in [6.45, 7) is 2.03. The molecule has 1 unspecified atom stereocenters. The molecule has 0 saturated heterocycles. The second-order valence-electron chi connectivity index (χ2n) is 4.09. The van der Waals surface area contributed by atoms with Crippen LogP contribution < -0.4 is 10.7 Å². The van der Waals surface area contributed by atoms with Gasteiger partial charge < -0.3 is 4.74 Å². The summed E-state index contributed by atoms with van der Waals surface area (Å²) in [4.78, 5) is 23.5. The molecule has 20 heavy (non-hydrogen) atoms. The number of hydrogen-bond acceptors (Lipinski definition) is 6. The van der Waals surface area contributed by atoms with Crippen LogP contribution >= 0.6 is 11.8 Å². The maximum absolute atomic E-state index is 12.1. The van der Waals surface area contributed by atoms with E-state index in [4.69, 9.17) is 0 Å². The lowest BCUT2D eigenvalue weighted by Crippen LogP contribution is -2.27. The van der Waals surface area contributed by atoms with Crippen molar-refractivity contribution < 1.29 is 14.3 Å². The fourth-order valence-corrected chi connectivity index (χ4v) is 2.42. The maximum atomic E-state index is 12.1. The van der Waals surface area contributed by atoms with Crippen LogP contribution in [0.2, 0.25) is 0 Å². The van der Waals surface area contributed by atoms with Gasteiger partial charge in [0, 0.05) is 5.56 Å². The average Bonchev–Trinajstić information content (AvgIpc) is 2.94. The Labute approximate surface area is 121 Å². The molecule has 2 N–H and O–H groups in total. The zero-order valence-electron chi connectivity index (χ0n) is 11.2. The Hall–Kier alpha value is -2.02. The Morgan fingerprint density at radius 3 is 2.85 bits per heavy atom. The number of carbonyl (C=O) groups is 2. The van der Waals surface area contributed by atoms with Crippen LogP contribution in [0.25, 0.3) is 0 Å². The summed E-state index contributed by atoms with van der Waals surface area (Å²) in [6.07, 6.45) is 0.908. The molecule has 7 heteroatoms. The first kappa shape index (κ1) is 14.4. The lowest BCUT2D eigenvalue weighted by atomic mass is 10.1. The average molecular weight is 293 g/mol. The van der Waals surface area contributed by atoms with Crippen LogP contribution in [-0.4, -0.2) is 29.5 Å². The predicted octanol–water partition coefficient (Wildman–Crippen LogP) is 1.55. The molecule has 0 saturated carbocycles. The molecule has 0 radical (unpaired) electrons. The van der Waals surface area contributed by atoms with Gasteiger partial charge in [0.1, 0.15) is 0 Å². The molecule has 0 aromatic heterocycles. The third-order valence-corrected chi connectivity index (χ3v) is 3.84. The van der Waals surface area contributed by atoms with Gasteiger partial charge in [0.25, 0.3) is 5.91 Å². The van der Waals surface area contributed by atoms with Crippen molar-refractivity contribution in [2.24, 2.45) is 5.10 Å². The van der Waals surface area contributed by atoms with Gasteiger partial charge in [-0.3, -0.25) is 15.5 Å². The number of hydrogen-bond donors (Lipinski definition) is 2. The van der Waals surface area contributed by atoms with Crippen LogP contribution in [0, 0.1) is 0 Å². The Balaban J connectivity index is 2.05. The van der Waals surface area contributed by atoms with Gasteiger partial charge in [-0.2, -0.15) is 5.10 Å². The van der Waals surface area contributed by atoms with Crippen molar-refractivity contribution in [3.63, 3.8) is 0 Å². The van der Waals surface area contributed by atoms with Crippen molar-refractivity contribution in [3.05, 3.63) is 35.4 Å². The van der Waals surface area contributed by atoms with E-state index < -0.39 is 5.97 Å². The van der Waals surface area contributed by atoms with Crippen LogP contribution in [0.3, 0.4) is 0 Å². The molecule has 0 spiro atoms. The molecule has 106 valence electrons. The van der Waals surface area contributed by atoms with E-state index in [0.717, 1.165) is 6.42 Å². The largest absolute Gasteiger partial charge is 0.465 e. The molecule has 1 aromatic carbocycles.